The zero-order valence-electron chi connectivity index (χ0n) is 23.9. The van der Waals surface area contributed by atoms with E-state index in [0.717, 1.165) is 37.7 Å². The van der Waals surface area contributed by atoms with Gasteiger partial charge >= 0.3 is 6.18 Å². The average molecular weight is 621 g/mol. The van der Waals surface area contributed by atoms with Crippen LogP contribution < -0.4 is 10.6 Å². The minimum atomic E-state index is -4.47. The quantitative estimate of drug-likeness (QED) is 0.148. The molecule has 2 amide bonds. The number of fused-ring (bicyclic) bond motifs is 1. The molecule has 13 heteroatoms. The number of alkyl halides is 6. The Hall–Kier alpha value is -4.39. The van der Waals surface area contributed by atoms with E-state index >= 15 is 0 Å². The molecule has 1 aliphatic rings. The second kappa shape index (κ2) is 13.1. The SMILES string of the molecule is C=C(C=N/C(=C/C(=O)Nc1ccc2c(c1)cc(-c1ccc(C(F)(F)F)cc1)n2C1CCOC1)C(F)F)CNC(=O)C(C)(C)F. The average Bonchev–Trinajstić information content (AvgIpc) is 3.60. The topological polar surface area (TPSA) is 84.7 Å². The van der Waals surface area contributed by atoms with E-state index in [4.69, 9.17) is 4.74 Å². The lowest BCUT2D eigenvalue weighted by atomic mass is 10.1. The van der Waals surface area contributed by atoms with E-state index in [2.05, 4.69) is 22.2 Å². The second-order valence-electron chi connectivity index (χ2n) is 10.7. The third-order valence-corrected chi connectivity index (χ3v) is 6.80. The summed E-state index contributed by atoms with van der Waals surface area (Å²) in [5.41, 5.74) is -1.41. The van der Waals surface area contributed by atoms with Crippen LogP contribution in [-0.2, 0) is 20.5 Å². The summed E-state index contributed by atoms with van der Waals surface area (Å²) >= 11 is 0. The molecule has 44 heavy (non-hydrogen) atoms. The van der Waals surface area contributed by atoms with Crippen molar-refractivity contribution in [1.29, 1.82) is 0 Å². The van der Waals surface area contributed by atoms with Crippen molar-refractivity contribution in [3.05, 3.63) is 78.0 Å². The molecule has 0 radical (unpaired) electrons. The molecule has 4 rings (SSSR count). The van der Waals surface area contributed by atoms with Crippen molar-refractivity contribution in [2.24, 2.45) is 4.99 Å². The van der Waals surface area contributed by atoms with Gasteiger partial charge < -0.3 is 19.9 Å². The van der Waals surface area contributed by atoms with Crippen LogP contribution >= 0.6 is 0 Å². The normalized spacial score (nSPS) is 16.2. The minimum absolute atomic E-state index is 0.0637. The van der Waals surface area contributed by atoms with Gasteiger partial charge in [0.1, 0.15) is 5.70 Å². The Bertz CT molecular complexity index is 1600. The summed E-state index contributed by atoms with van der Waals surface area (Å²) in [5, 5.41) is 5.45. The van der Waals surface area contributed by atoms with E-state index in [1.807, 2.05) is 4.57 Å². The fourth-order valence-corrected chi connectivity index (χ4v) is 4.57. The van der Waals surface area contributed by atoms with Crippen LogP contribution in [0.5, 0.6) is 0 Å². The van der Waals surface area contributed by atoms with E-state index < -0.39 is 41.3 Å². The molecule has 234 valence electrons. The number of nitrogens with zero attached hydrogens (tertiary/aromatic N) is 2. The van der Waals surface area contributed by atoms with Gasteiger partial charge in [-0.05, 0) is 67.8 Å². The van der Waals surface area contributed by atoms with Crippen LogP contribution in [0.15, 0.2) is 77.4 Å². The summed E-state index contributed by atoms with van der Waals surface area (Å²) in [7, 11) is 0. The van der Waals surface area contributed by atoms with Gasteiger partial charge in [0.15, 0.2) is 5.67 Å². The second-order valence-corrected chi connectivity index (χ2v) is 10.7. The van der Waals surface area contributed by atoms with Crippen molar-refractivity contribution in [3.63, 3.8) is 0 Å². The van der Waals surface area contributed by atoms with Crippen LogP contribution in [0.25, 0.3) is 22.2 Å². The van der Waals surface area contributed by atoms with Gasteiger partial charge in [0, 0.05) is 47.7 Å². The van der Waals surface area contributed by atoms with Crippen molar-refractivity contribution in [1.82, 2.24) is 9.88 Å². The van der Waals surface area contributed by atoms with Crippen molar-refractivity contribution >= 4 is 34.6 Å². The van der Waals surface area contributed by atoms with Gasteiger partial charge in [-0.15, -0.1) is 0 Å². The number of aliphatic imine (C=N–C) groups is 1. The lowest BCUT2D eigenvalue weighted by Crippen LogP contribution is -2.39. The van der Waals surface area contributed by atoms with E-state index in [-0.39, 0.29) is 23.8 Å². The highest BCUT2D eigenvalue weighted by atomic mass is 19.4. The highest BCUT2D eigenvalue weighted by molar-refractivity contribution is 6.02. The molecule has 0 spiro atoms. The number of allylic oxidation sites excluding steroid dienone is 1. The lowest BCUT2D eigenvalue weighted by Gasteiger charge is -2.17. The van der Waals surface area contributed by atoms with Crippen LogP contribution in [0.3, 0.4) is 0 Å². The molecule has 1 aromatic heterocycles. The molecule has 1 atom stereocenters. The number of nitrogens with one attached hydrogen (secondary N) is 2. The van der Waals surface area contributed by atoms with Gasteiger partial charge in [0.05, 0.1) is 18.2 Å². The predicted molar refractivity (Wildman–Crippen MR) is 155 cm³/mol. The van der Waals surface area contributed by atoms with Crippen LogP contribution in [-0.4, -0.2) is 54.4 Å². The molecule has 7 nitrogen and oxygen atoms in total. The molecule has 0 bridgehead atoms. The predicted octanol–water partition coefficient (Wildman–Crippen LogP) is 6.87. The zero-order chi connectivity index (χ0) is 32.2. The maximum absolute atomic E-state index is 13.6. The van der Waals surface area contributed by atoms with Crippen LogP contribution in [0.2, 0.25) is 0 Å². The van der Waals surface area contributed by atoms with E-state index in [9.17, 15) is 35.9 Å². The number of hydrogen-bond donors (Lipinski definition) is 2. The molecule has 1 fully saturated rings. The van der Waals surface area contributed by atoms with Crippen LogP contribution in [0, 0.1) is 0 Å². The Morgan fingerprint density at radius 3 is 2.41 bits per heavy atom. The Labute approximate surface area is 249 Å². The molecule has 2 heterocycles. The van der Waals surface area contributed by atoms with Crippen molar-refractivity contribution < 1.29 is 40.7 Å². The number of benzene rings is 2. The van der Waals surface area contributed by atoms with Gasteiger partial charge in [0.2, 0.25) is 5.91 Å². The first kappa shape index (κ1) is 32.5. The van der Waals surface area contributed by atoms with Crippen LogP contribution in [0.1, 0.15) is 31.9 Å². The summed E-state index contributed by atoms with van der Waals surface area (Å²) in [6, 6.07) is 11.5. The Balaban J connectivity index is 1.55. The molecule has 2 aromatic carbocycles. The third kappa shape index (κ3) is 7.95. The van der Waals surface area contributed by atoms with Gasteiger partial charge in [-0.25, -0.2) is 13.2 Å². The summed E-state index contributed by atoms with van der Waals surface area (Å²) < 4.78 is 87.7. The standard InChI is InChI=1S/C31H30F6N4O3/c1-18(16-39-29(43)30(2,3)34)15-38-24(28(32)33)14-27(42)40-22-8-9-25-20(12-22)13-26(41(25)23-10-11-44-17-23)19-4-6-21(7-5-19)31(35,36)37/h4-9,12-15,23,28H,1,10-11,16-17H2,2-3H3,(H,39,43)(H,40,42)/b24-14+,38-15?. The highest BCUT2D eigenvalue weighted by Crippen LogP contribution is 2.37. The van der Waals surface area contributed by atoms with Crippen LogP contribution in [0.4, 0.5) is 32.0 Å². The third-order valence-electron chi connectivity index (χ3n) is 6.80. The number of amides is 2. The maximum atomic E-state index is 13.6. The fraction of sp³-hybridized carbons (Fsp3) is 0.323. The fourth-order valence-electron chi connectivity index (χ4n) is 4.57. The van der Waals surface area contributed by atoms with Gasteiger partial charge in [-0.3, -0.25) is 14.6 Å². The molecule has 2 N–H and O–H groups in total. The van der Waals surface area contributed by atoms with E-state index in [1.165, 1.54) is 12.1 Å². The Morgan fingerprint density at radius 2 is 1.82 bits per heavy atom. The summed E-state index contributed by atoms with van der Waals surface area (Å²) in [6.07, 6.45) is -5.32. The molecule has 0 aliphatic carbocycles. The van der Waals surface area contributed by atoms with Crippen molar-refractivity contribution in [2.45, 2.75) is 44.6 Å². The van der Waals surface area contributed by atoms with E-state index in [1.54, 1.807) is 24.3 Å². The van der Waals surface area contributed by atoms with Gasteiger partial charge in [-0.2, -0.15) is 13.2 Å². The van der Waals surface area contributed by atoms with E-state index in [0.29, 0.717) is 42.4 Å². The van der Waals surface area contributed by atoms with Gasteiger partial charge in [0.25, 0.3) is 12.3 Å². The number of ether oxygens (including phenoxy) is 1. The molecule has 1 unspecified atom stereocenters. The Morgan fingerprint density at radius 1 is 1.11 bits per heavy atom. The largest absolute Gasteiger partial charge is 0.416 e. The number of hydrogen-bond acceptors (Lipinski definition) is 4. The number of anilines is 1. The Kier molecular flexibility index (Phi) is 9.67. The number of carbonyl (C=O) groups is 2. The molecular weight excluding hydrogens is 590 g/mol. The number of aromatic nitrogens is 1. The molecule has 0 saturated carbocycles. The summed E-state index contributed by atoms with van der Waals surface area (Å²) in [6.45, 7) is 6.41. The first-order chi connectivity index (χ1) is 20.6. The maximum Gasteiger partial charge on any atom is 0.416 e. The highest BCUT2D eigenvalue weighted by Gasteiger charge is 2.30. The first-order valence-corrected chi connectivity index (χ1v) is 13.5. The number of carbonyl (C=O) groups excluding carboxylic acids is 2. The van der Waals surface area contributed by atoms with Gasteiger partial charge in [-0.1, -0.05) is 18.7 Å². The monoisotopic (exact) mass is 620 g/mol. The summed E-state index contributed by atoms with van der Waals surface area (Å²) in [4.78, 5) is 27.8. The smallest absolute Gasteiger partial charge is 0.379 e. The lowest BCUT2D eigenvalue weighted by molar-refractivity contribution is -0.137. The molecule has 1 aliphatic heterocycles. The number of rotatable bonds is 10. The summed E-state index contributed by atoms with van der Waals surface area (Å²) in [5.74, 6) is -1.80. The minimum Gasteiger partial charge on any atom is -0.379 e. The number of halogens is 6. The zero-order valence-corrected chi connectivity index (χ0v) is 23.9. The molecular formula is C31H30F6N4O3. The van der Waals surface area contributed by atoms with Crippen molar-refractivity contribution in [3.8, 4) is 11.3 Å². The van der Waals surface area contributed by atoms with Crippen molar-refractivity contribution in [2.75, 3.05) is 25.1 Å². The molecule has 3 aromatic rings. The first-order valence-electron chi connectivity index (χ1n) is 13.5. The molecule has 1 saturated heterocycles.